The summed E-state index contributed by atoms with van der Waals surface area (Å²) in [6, 6.07) is 5.71. The summed E-state index contributed by atoms with van der Waals surface area (Å²) in [6.07, 6.45) is 1.10. The van der Waals surface area contributed by atoms with Gasteiger partial charge in [0, 0.05) is 11.8 Å². The van der Waals surface area contributed by atoms with Crippen LogP contribution in [0.1, 0.15) is 67.9 Å². The minimum atomic E-state index is -3.37. The molecule has 0 saturated carbocycles. The maximum atomic E-state index is 12.4. The first-order chi connectivity index (χ1) is 9.05. The van der Waals surface area contributed by atoms with Gasteiger partial charge in [0.15, 0.2) is 15.6 Å². The van der Waals surface area contributed by atoms with Crippen molar-refractivity contribution in [2.75, 3.05) is 6.26 Å². The monoisotopic (exact) mass is 296 g/mol. The summed E-state index contributed by atoms with van der Waals surface area (Å²) < 4.78 is 23.2. The third-order valence-corrected chi connectivity index (χ3v) is 5.14. The van der Waals surface area contributed by atoms with Gasteiger partial charge in [0.05, 0.1) is 0 Å². The summed E-state index contributed by atoms with van der Waals surface area (Å²) in [5.74, 6) is 0.245. The first-order valence-corrected chi connectivity index (χ1v) is 8.88. The van der Waals surface area contributed by atoms with E-state index < -0.39 is 15.1 Å². The molecule has 0 heterocycles. The predicted octanol–water partition coefficient (Wildman–Crippen LogP) is 3.55. The van der Waals surface area contributed by atoms with Crippen LogP contribution in [-0.4, -0.2) is 25.7 Å². The highest BCUT2D eigenvalue weighted by atomic mass is 32.2. The summed E-state index contributed by atoms with van der Waals surface area (Å²) >= 11 is 0. The summed E-state index contributed by atoms with van der Waals surface area (Å²) in [5, 5.41) is -0.995. The maximum absolute atomic E-state index is 12.4. The zero-order valence-electron chi connectivity index (χ0n) is 13.1. The second-order valence-electron chi connectivity index (χ2n) is 5.99. The lowest BCUT2D eigenvalue weighted by atomic mass is 9.89. The predicted molar refractivity (Wildman–Crippen MR) is 83.3 cm³/mol. The number of carbonyl (C=O) groups is 1. The second-order valence-corrected chi connectivity index (χ2v) is 8.36. The highest BCUT2D eigenvalue weighted by Gasteiger charge is 2.27. The number of hydrogen-bond donors (Lipinski definition) is 0. The highest BCUT2D eigenvalue weighted by molar-refractivity contribution is 7.92. The van der Waals surface area contributed by atoms with Gasteiger partial charge in [0.2, 0.25) is 0 Å². The molecule has 0 aliphatic heterocycles. The Morgan fingerprint density at radius 3 is 1.95 bits per heavy atom. The SMILES string of the molecule is CC(C)c1ccc(C(=O)C(C)S(C)(=O)=O)c(C(C)C)c1. The van der Waals surface area contributed by atoms with Gasteiger partial charge in [-0.1, -0.05) is 45.9 Å². The van der Waals surface area contributed by atoms with Crippen molar-refractivity contribution in [2.45, 2.75) is 51.7 Å². The molecule has 0 bridgehead atoms. The molecule has 0 aliphatic carbocycles. The minimum Gasteiger partial charge on any atom is -0.293 e. The van der Waals surface area contributed by atoms with E-state index in [1.165, 1.54) is 6.92 Å². The molecule has 1 rings (SSSR count). The van der Waals surface area contributed by atoms with E-state index in [0.29, 0.717) is 11.5 Å². The van der Waals surface area contributed by atoms with Gasteiger partial charge < -0.3 is 0 Å². The van der Waals surface area contributed by atoms with Gasteiger partial charge in [-0.05, 0) is 29.9 Å². The normalized spacial score (nSPS) is 13.8. The van der Waals surface area contributed by atoms with Gasteiger partial charge in [-0.25, -0.2) is 8.42 Å². The van der Waals surface area contributed by atoms with E-state index in [2.05, 4.69) is 13.8 Å². The Labute approximate surface area is 122 Å². The lowest BCUT2D eigenvalue weighted by molar-refractivity contribution is 0.0990. The van der Waals surface area contributed by atoms with Gasteiger partial charge in [0.1, 0.15) is 5.25 Å². The van der Waals surface area contributed by atoms with Crippen LogP contribution in [0, 0.1) is 0 Å². The molecule has 0 fully saturated rings. The minimum absolute atomic E-state index is 0.180. The largest absolute Gasteiger partial charge is 0.293 e. The number of sulfone groups is 1. The van der Waals surface area contributed by atoms with Crippen LogP contribution in [0.2, 0.25) is 0 Å². The van der Waals surface area contributed by atoms with Gasteiger partial charge in [-0.15, -0.1) is 0 Å². The number of benzene rings is 1. The first kappa shape index (κ1) is 16.9. The molecular formula is C16H24O3S. The van der Waals surface area contributed by atoms with Crippen molar-refractivity contribution in [3.63, 3.8) is 0 Å². The molecule has 0 N–H and O–H groups in total. The van der Waals surface area contributed by atoms with E-state index in [9.17, 15) is 13.2 Å². The van der Waals surface area contributed by atoms with Crippen LogP contribution in [0.25, 0.3) is 0 Å². The van der Waals surface area contributed by atoms with Crippen LogP contribution >= 0.6 is 0 Å². The highest BCUT2D eigenvalue weighted by Crippen LogP contribution is 2.26. The van der Waals surface area contributed by atoms with Gasteiger partial charge >= 0.3 is 0 Å². The third-order valence-electron chi connectivity index (χ3n) is 3.64. The molecule has 4 heteroatoms. The van der Waals surface area contributed by atoms with Crippen molar-refractivity contribution in [3.8, 4) is 0 Å². The van der Waals surface area contributed by atoms with E-state index in [0.717, 1.165) is 17.4 Å². The molecule has 1 aromatic carbocycles. The van der Waals surface area contributed by atoms with Crippen LogP contribution in [0.4, 0.5) is 0 Å². The summed E-state index contributed by atoms with van der Waals surface area (Å²) in [5.41, 5.74) is 2.62. The zero-order valence-corrected chi connectivity index (χ0v) is 13.9. The van der Waals surface area contributed by atoms with Gasteiger partial charge in [0.25, 0.3) is 0 Å². The van der Waals surface area contributed by atoms with Crippen molar-refractivity contribution in [1.29, 1.82) is 0 Å². The number of carbonyl (C=O) groups excluding carboxylic acids is 1. The third kappa shape index (κ3) is 3.69. The summed E-state index contributed by atoms with van der Waals surface area (Å²) in [4.78, 5) is 12.4. The molecule has 0 amide bonds. The Hall–Kier alpha value is -1.16. The van der Waals surface area contributed by atoms with E-state index in [1.807, 2.05) is 26.0 Å². The fraction of sp³-hybridized carbons (Fsp3) is 0.562. The number of rotatable bonds is 5. The average molecular weight is 296 g/mol. The number of ketones is 1. The smallest absolute Gasteiger partial charge is 0.180 e. The van der Waals surface area contributed by atoms with Crippen LogP contribution in [0.3, 0.4) is 0 Å². The summed E-state index contributed by atoms with van der Waals surface area (Å²) in [7, 11) is -3.37. The van der Waals surface area contributed by atoms with Gasteiger partial charge in [-0.3, -0.25) is 4.79 Å². The standard InChI is InChI=1S/C16H24O3S/c1-10(2)13-7-8-14(15(9-13)11(3)4)16(17)12(5)20(6,18)19/h7-12H,1-6H3. The molecule has 0 aliphatic rings. The average Bonchev–Trinajstić information content (AvgIpc) is 2.34. The molecule has 1 unspecified atom stereocenters. The molecular weight excluding hydrogens is 272 g/mol. The van der Waals surface area contributed by atoms with Crippen LogP contribution in [0.15, 0.2) is 18.2 Å². The molecule has 0 spiro atoms. The van der Waals surface area contributed by atoms with Crippen molar-refractivity contribution >= 4 is 15.6 Å². The Morgan fingerprint density at radius 2 is 1.55 bits per heavy atom. The molecule has 0 radical (unpaired) electrons. The Balaban J connectivity index is 3.35. The fourth-order valence-corrected chi connectivity index (χ4v) is 2.57. The van der Waals surface area contributed by atoms with Crippen molar-refractivity contribution in [1.82, 2.24) is 0 Å². The Morgan fingerprint density at radius 1 is 1.00 bits per heavy atom. The van der Waals surface area contributed by atoms with Crippen molar-refractivity contribution in [3.05, 3.63) is 34.9 Å². The molecule has 112 valence electrons. The maximum Gasteiger partial charge on any atom is 0.180 e. The van der Waals surface area contributed by atoms with Crippen molar-refractivity contribution < 1.29 is 13.2 Å². The molecule has 20 heavy (non-hydrogen) atoms. The lowest BCUT2D eigenvalue weighted by Crippen LogP contribution is -2.27. The Kier molecular flexibility index (Phi) is 5.14. The van der Waals surface area contributed by atoms with Crippen molar-refractivity contribution in [2.24, 2.45) is 0 Å². The Bertz CT molecular complexity index is 598. The van der Waals surface area contributed by atoms with Crippen LogP contribution in [-0.2, 0) is 9.84 Å². The van der Waals surface area contributed by atoms with Gasteiger partial charge in [-0.2, -0.15) is 0 Å². The fourth-order valence-electron chi connectivity index (χ4n) is 2.06. The molecule has 1 atom stereocenters. The van der Waals surface area contributed by atoms with E-state index in [4.69, 9.17) is 0 Å². The quantitative estimate of drug-likeness (QED) is 0.781. The molecule has 0 aromatic heterocycles. The molecule has 0 saturated heterocycles. The van der Waals surface area contributed by atoms with Crippen LogP contribution in [0.5, 0.6) is 0 Å². The van der Waals surface area contributed by atoms with E-state index in [1.54, 1.807) is 6.07 Å². The van der Waals surface area contributed by atoms with Crippen LogP contribution < -0.4 is 0 Å². The zero-order chi connectivity index (χ0) is 15.7. The molecule has 1 aromatic rings. The molecule has 3 nitrogen and oxygen atoms in total. The van der Waals surface area contributed by atoms with E-state index >= 15 is 0 Å². The summed E-state index contributed by atoms with van der Waals surface area (Å²) in [6.45, 7) is 9.68. The first-order valence-electron chi connectivity index (χ1n) is 6.92. The lowest BCUT2D eigenvalue weighted by Gasteiger charge is -2.17. The van der Waals surface area contributed by atoms with E-state index in [-0.39, 0.29) is 11.7 Å². The number of Topliss-reactive ketones (excluding diaryl/α,β-unsaturated/α-hetero) is 1. The topological polar surface area (TPSA) is 51.2 Å². The number of hydrogen-bond acceptors (Lipinski definition) is 3. The second kappa shape index (κ2) is 6.08.